The monoisotopic (exact) mass is 217 g/mol. The van der Waals surface area contributed by atoms with Gasteiger partial charge in [-0.3, -0.25) is 0 Å². The first-order valence-corrected chi connectivity index (χ1v) is 5.12. The first kappa shape index (κ1) is 10.6. The average molecular weight is 217 g/mol. The van der Waals surface area contributed by atoms with Gasteiger partial charge >= 0.3 is 0 Å². The minimum atomic E-state index is -0.0783. The van der Waals surface area contributed by atoms with Crippen LogP contribution in [0.5, 0.6) is 0 Å². The third kappa shape index (κ3) is 1.88. The molecule has 0 radical (unpaired) electrons. The average Bonchev–Trinajstić information content (AvgIpc) is 2.65. The molecule has 2 rings (SSSR count). The molecule has 0 aromatic carbocycles. The molecule has 0 atom stereocenters. The highest BCUT2D eigenvalue weighted by atomic mass is 15.3. The molecule has 0 bridgehead atoms. The molecule has 16 heavy (non-hydrogen) atoms. The van der Waals surface area contributed by atoms with Gasteiger partial charge in [-0.05, 0) is 32.9 Å². The van der Waals surface area contributed by atoms with Gasteiger partial charge in [-0.1, -0.05) is 6.07 Å². The molecule has 0 saturated heterocycles. The fourth-order valence-electron chi connectivity index (χ4n) is 1.48. The molecule has 2 aromatic heterocycles. The Morgan fingerprint density at radius 2 is 2.00 bits per heavy atom. The van der Waals surface area contributed by atoms with Crippen molar-refractivity contribution in [2.24, 2.45) is 0 Å². The van der Waals surface area contributed by atoms with Crippen molar-refractivity contribution in [2.45, 2.75) is 26.3 Å². The van der Waals surface area contributed by atoms with Crippen LogP contribution in [-0.4, -0.2) is 19.7 Å². The SMILES string of the molecule is CC(C)(C)n1cnnc1-c1cccc(N)n1. The van der Waals surface area contributed by atoms with Crippen molar-refractivity contribution in [2.75, 3.05) is 5.73 Å². The van der Waals surface area contributed by atoms with Gasteiger partial charge in [0.2, 0.25) is 0 Å². The summed E-state index contributed by atoms with van der Waals surface area (Å²) in [5.74, 6) is 1.22. The molecule has 2 N–H and O–H groups in total. The van der Waals surface area contributed by atoms with Crippen LogP contribution in [0.15, 0.2) is 24.5 Å². The zero-order chi connectivity index (χ0) is 11.8. The molecule has 0 unspecified atom stereocenters. The lowest BCUT2D eigenvalue weighted by atomic mass is 10.1. The van der Waals surface area contributed by atoms with Gasteiger partial charge in [0.25, 0.3) is 0 Å². The van der Waals surface area contributed by atoms with Crippen LogP contribution in [-0.2, 0) is 5.54 Å². The van der Waals surface area contributed by atoms with Crippen LogP contribution in [0.1, 0.15) is 20.8 Å². The first-order valence-electron chi connectivity index (χ1n) is 5.12. The molecule has 0 aliphatic carbocycles. The zero-order valence-corrected chi connectivity index (χ0v) is 9.68. The normalized spacial score (nSPS) is 11.7. The van der Waals surface area contributed by atoms with Crippen LogP contribution >= 0.6 is 0 Å². The van der Waals surface area contributed by atoms with E-state index in [9.17, 15) is 0 Å². The van der Waals surface area contributed by atoms with E-state index in [4.69, 9.17) is 5.73 Å². The highest BCUT2D eigenvalue weighted by molar-refractivity contribution is 5.52. The van der Waals surface area contributed by atoms with E-state index in [2.05, 4.69) is 36.0 Å². The van der Waals surface area contributed by atoms with Gasteiger partial charge in [0.05, 0.1) is 0 Å². The van der Waals surface area contributed by atoms with Crippen LogP contribution in [0.2, 0.25) is 0 Å². The molecule has 5 nitrogen and oxygen atoms in total. The van der Waals surface area contributed by atoms with Gasteiger partial charge in [-0.2, -0.15) is 0 Å². The maximum absolute atomic E-state index is 5.66. The Morgan fingerprint density at radius 1 is 1.25 bits per heavy atom. The quantitative estimate of drug-likeness (QED) is 0.789. The number of hydrogen-bond acceptors (Lipinski definition) is 4. The van der Waals surface area contributed by atoms with Crippen LogP contribution < -0.4 is 5.73 Å². The summed E-state index contributed by atoms with van der Waals surface area (Å²) >= 11 is 0. The second kappa shape index (κ2) is 3.59. The summed E-state index contributed by atoms with van der Waals surface area (Å²) in [6.07, 6.45) is 1.71. The van der Waals surface area contributed by atoms with E-state index < -0.39 is 0 Å². The van der Waals surface area contributed by atoms with Gasteiger partial charge in [-0.25, -0.2) is 4.98 Å². The van der Waals surface area contributed by atoms with Gasteiger partial charge in [-0.15, -0.1) is 10.2 Å². The number of nitrogens with zero attached hydrogens (tertiary/aromatic N) is 4. The summed E-state index contributed by atoms with van der Waals surface area (Å²) in [6.45, 7) is 6.27. The lowest BCUT2D eigenvalue weighted by molar-refractivity contribution is 0.399. The van der Waals surface area contributed by atoms with Gasteiger partial charge in [0, 0.05) is 5.54 Å². The summed E-state index contributed by atoms with van der Waals surface area (Å²) < 4.78 is 1.98. The zero-order valence-electron chi connectivity index (χ0n) is 9.68. The van der Waals surface area contributed by atoms with Crippen molar-refractivity contribution in [1.82, 2.24) is 19.7 Å². The predicted molar refractivity (Wildman–Crippen MR) is 62.7 cm³/mol. The number of nitrogen functional groups attached to an aromatic ring is 1. The summed E-state index contributed by atoms with van der Waals surface area (Å²) in [5.41, 5.74) is 6.32. The van der Waals surface area contributed by atoms with Crippen molar-refractivity contribution in [3.63, 3.8) is 0 Å². The first-order chi connectivity index (χ1) is 7.48. The molecule has 0 spiro atoms. The molecule has 84 valence electrons. The molecule has 0 fully saturated rings. The number of anilines is 1. The highest BCUT2D eigenvalue weighted by Gasteiger charge is 2.19. The Morgan fingerprint density at radius 3 is 2.62 bits per heavy atom. The Bertz CT molecular complexity index is 495. The molecule has 0 saturated carbocycles. The number of pyridine rings is 1. The van der Waals surface area contributed by atoms with Gasteiger partial charge in [0.15, 0.2) is 5.82 Å². The number of rotatable bonds is 1. The Hall–Kier alpha value is -1.91. The van der Waals surface area contributed by atoms with Crippen molar-refractivity contribution in [3.8, 4) is 11.5 Å². The Labute approximate surface area is 94.3 Å². The fraction of sp³-hybridized carbons (Fsp3) is 0.364. The van der Waals surface area contributed by atoms with Crippen LogP contribution in [0.4, 0.5) is 5.82 Å². The second-order valence-electron chi connectivity index (χ2n) is 4.64. The van der Waals surface area contributed by atoms with Crippen LogP contribution in [0.25, 0.3) is 11.5 Å². The molecule has 5 heteroatoms. The maximum Gasteiger partial charge on any atom is 0.182 e. The van der Waals surface area contributed by atoms with Crippen molar-refractivity contribution in [3.05, 3.63) is 24.5 Å². The third-order valence-electron chi connectivity index (χ3n) is 2.27. The number of aromatic nitrogens is 4. The van der Waals surface area contributed by atoms with E-state index in [1.807, 2.05) is 16.7 Å². The minimum Gasteiger partial charge on any atom is -0.384 e. The topological polar surface area (TPSA) is 69.6 Å². The van der Waals surface area contributed by atoms with E-state index in [1.54, 1.807) is 12.4 Å². The molecule has 0 aliphatic heterocycles. The number of hydrogen-bond donors (Lipinski definition) is 1. The van der Waals surface area contributed by atoms with Crippen molar-refractivity contribution in [1.29, 1.82) is 0 Å². The Kier molecular flexibility index (Phi) is 2.38. The van der Waals surface area contributed by atoms with Gasteiger partial charge in [0.1, 0.15) is 17.8 Å². The molecule has 0 aliphatic rings. The van der Waals surface area contributed by atoms with E-state index in [1.165, 1.54) is 0 Å². The summed E-state index contributed by atoms with van der Waals surface area (Å²) in [4.78, 5) is 4.24. The van der Waals surface area contributed by atoms with E-state index in [0.717, 1.165) is 11.5 Å². The molecular formula is C11H15N5. The summed E-state index contributed by atoms with van der Waals surface area (Å²) in [5, 5.41) is 8.02. The fourth-order valence-corrected chi connectivity index (χ4v) is 1.48. The van der Waals surface area contributed by atoms with E-state index >= 15 is 0 Å². The lowest BCUT2D eigenvalue weighted by Crippen LogP contribution is -2.22. The van der Waals surface area contributed by atoms with Crippen molar-refractivity contribution >= 4 is 5.82 Å². The Balaban J connectivity index is 2.53. The number of nitrogens with two attached hydrogens (primary N) is 1. The predicted octanol–water partition coefficient (Wildman–Crippen LogP) is 1.68. The van der Waals surface area contributed by atoms with Gasteiger partial charge < -0.3 is 10.3 Å². The largest absolute Gasteiger partial charge is 0.384 e. The minimum absolute atomic E-state index is 0.0783. The summed E-state index contributed by atoms with van der Waals surface area (Å²) in [7, 11) is 0. The molecule has 2 heterocycles. The maximum atomic E-state index is 5.66. The smallest absolute Gasteiger partial charge is 0.182 e. The molecule has 2 aromatic rings. The van der Waals surface area contributed by atoms with E-state index in [0.29, 0.717) is 5.82 Å². The second-order valence-corrected chi connectivity index (χ2v) is 4.64. The van der Waals surface area contributed by atoms with E-state index in [-0.39, 0.29) is 5.54 Å². The standard InChI is InChI=1S/C11H15N5/c1-11(2,3)16-7-13-15-10(16)8-5-4-6-9(12)14-8/h4-7H,1-3H3,(H2,12,14). The highest BCUT2D eigenvalue weighted by Crippen LogP contribution is 2.22. The van der Waals surface area contributed by atoms with Crippen LogP contribution in [0, 0.1) is 0 Å². The van der Waals surface area contributed by atoms with Crippen molar-refractivity contribution < 1.29 is 0 Å². The third-order valence-corrected chi connectivity index (χ3v) is 2.27. The molecule has 0 amide bonds. The van der Waals surface area contributed by atoms with Crippen LogP contribution in [0.3, 0.4) is 0 Å². The summed E-state index contributed by atoms with van der Waals surface area (Å²) in [6, 6.07) is 5.49. The molecular weight excluding hydrogens is 202 g/mol. The lowest BCUT2D eigenvalue weighted by Gasteiger charge is -2.21.